The predicted octanol–water partition coefficient (Wildman–Crippen LogP) is 0.782. The number of carbonyl (C=O) groups is 1. The van der Waals surface area contributed by atoms with E-state index in [-0.39, 0.29) is 19.0 Å². The minimum atomic E-state index is -0.156. The molecule has 1 N–H and O–H groups in total. The fourth-order valence-corrected chi connectivity index (χ4v) is 1.09. The van der Waals surface area contributed by atoms with Crippen molar-refractivity contribution in [1.82, 2.24) is 15.3 Å². The van der Waals surface area contributed by atoms with Crippen molar-refractivity contribution in [2.45, 2.75) is 0 Å². The molecule has 86 valence electrons. The molecule has 6 heteroatoms. The average molecular weight is 241 g/mol. The third-order valence-corrected chi connectivity index (χ3v) is 1.89. The van der Waals surface area contributed by atoms with E-state index in [1.807, 2.05) is 0 Å². The first-order chi connectivity index (χ1) is 7.59. The van der Waals surface area contributed by atoms with E-state index >= 15 is 0 Å². The Kier molecular flexibility index (Phi) is 4.72. The molecule has 0 spiro atoms. The lowest BCUT2D eigenvalue weighted by molar-refractivity contribution is -0.119. The molecule has 1 heterocycles. The first-order valence-corrected chi connectivity index (χ1v) is 5.05. The fourth-order valence-electron chi connectivity index (χ4n) is 1.02. The molecule has 0 radical (unpaired) electrons. The van der Waals surface area contributed by atoms with Gasteiger partial charge in [0, 0.05) is 24.5 Å². The number of aromatic nitrogens is 2. The van der Waals surface area contributed by atoms with Crippen molar-refractivity contribution in [1.29, 1.82) is 0 Å². The first kappa shape index (κ1) is 12.4. The number of anilines is 1. The van der Waals surface area contributed by atoms with Crippen LogP contribution in [-0.2, 0) is 4.79 Å². The number of amides is 1. The minimum Gasteiger partial charge on any atom is -0.350 e. The average Bonchev–Trinajstić information content (AvgIpc) is 2.27. The van der Waals surface area contributed by atoms with Crippen LogP contribution in [0.5, 0.6) is 0 Å². The Morgan fingerprint density at radius 1 is 1.56 bits per heavy atom. The van der Waals surface area contributed by atoms with Gasteiger partial charge in [0.05, 0.1) is 13.1 Å². The van der Waals surface area contributed by atoms with Crippen LogP contribution in [-0.4, -0.2) is 36.0 Å². The standard InChI is InChI=1S/C10H13ClN4O/c1-8(11)6-14-9(16)7-15(2)10-12-4-3-5-13-10/h3-5H,1,6-7H2,2H3,(H,14,16). The number of nitrogens with zero attached hydrogens (tertiary/aromatic N) is 3. The summed E-state index contributed by atoms with van der Waals surface area (Å²) in [5, 5.41) is 3.01. The maximum absolute atomic E-state index is 11.4. The third-order valence-electron chi connectivity index (χ3n) is 1.75. The van der Waals surface area contributed by atoms with Gasteiger partial charge in [-0.1, -0.05) is 18.2 Å². The second kappa shape index (κ2) is 6.07. The molecule has 0 bridgehead atoms. The molecule has 0 aliphatic rings. The highest BCUT2D eigenvalue weighted by Gasteiger charge is 2.08. The van der Waals surface area contributed by atoms with E-state index in [1.165, 1.54) is 0 Å². The lowest BCUT2D eigenvalue weighted by atomic mass is 10.5. The molecule has 0 aromatic carbocycles. The third kappa shape index (κ3) is 4.27. The highest BCUT2D eigenvalue weighted by atomic mass is 35.5. The highest BCUT2D eigenvalue weighted by Crippen LogP contribution is 2.00. The summed E-state index contributed by atoms with van der Waals surface area (Å²) in [5.41, 5.74) is 0. The van der Waals surface area contributed by atoms with Gasteiger partial charge in [-0.25, -0.2) is 9.97 Å². The number of hydrogen-bond acceptors (Lipinski definition) is 4. The van der Waals surface area contributed by atoms with Crippen LogP contribution in [0.3, 0.4) is 0 Å². The van der Waals surface area contributed by atoms with Crippen LogP contribution in [0.2, 0.25) is 0 Å². The van der Waals surface area contributed by atoms with Crippen molar-refractivity contribution < 1.29 is 4.79 Å². The van der Waals surface area contributed by atoms with Gasteiger partial charge in [0.2, 0.25) is 11.9 Å². The molecule has 1 aromatic rings. The van der Waals surface area contributed by atoms with E-state index < -0.39 is 0 Å². The molecule has 1 rings (SSSR count). The summed E-state index contributed by atoms with van der Waals surface area (Å²) in [6.45, 7) is 3.92. The van der Waals surface area contributed by atoms with Crippen LogP contribution in [0.15, 0.2) is 30.1 Å². The van der Waals surface area contributed by atoms with Gasteiger partial charge in [0.15, 0.2) is 0 Å². The molecule has 16 heavy (non-hydrogen) atoms. The van der Waals surface area contributed by atoms with Crippen LogP contribution in [0.4, 0.5) is 5.95 Å². The predicted molar refractivity (Wildman–Crippen MR) is 63.3 cm³/mol. The van der Waals surface area contributed by atoms with Crippen molar-refractivity contribution in [3.8, 4) is 0 Å². The van der Waals surface area contributed by atoms with Crippen LogP contribution in [0.25, 0.3) is 0 Å². The number of likely N-dealkylation sites (N-methyl/N-ethyl adjacent to an activating group) is 1. The van der Waals surface area contributed by atoms with Gasteiger partial charge in [0.1, 0.15) is 0 Å². The van der Waals surface area contributed by atoms with E-state index in [4.69, 9.17) is 11.6 Å². The molecule has 0 fully saturated rings. The Balaban J connectivity index is 2.43. The van der Waals surface area contributed by atoms with Gasteiger partial charge < -0.3 is 10.2 Å². The number of rotatable bonds is 5. The van der Waals surface area contributed by atoms with Crippen LogP contribution in [0.1, 0.15) is 0 Å². The minimum absolute atomic E-state index is 0.156. The molecule has 0 saturated heterocycles. The van der Waals surface area contributed by atoms with Crippen LogP contribution >= 0.6 is 11.6 Å². The lowest BCUT2D eigenvalue weighted by Gasteiger charge is -2.15. The normalized spacial score (nSPS) is 9.62. The quantitative estimate of drug-likeness (QED) is 0.827. The zero-order valence-electron chi connectivity index (χ0n) is 8.98. The van der Waals surface area contributed by atoms with Gasteiger partial charge in [-0.2, -0.15) is 0 Å². The molecule has 0 aliphatic heterocycles. The summed E-state index contributed by atoms with van der Waals surface area (Å²) in [7, 11) is 1.74. The van der Waals surface area contributed by atoms with Crippen molar-refractivity contribution in [3.63, 3.8) is 0 Å². The lowest BCUT2D eigenvalue weighted by Crippen LogP contribution is -2.36. The second-order valence-electron chi connectivity index (χ2n) is 3.20. The molecule has 1 aromatic heterocycles. The van der Waals surface area contributed by atoms with E-state index in [2.05, 4.69) is 21.9 Å². The number of nitrogens with one attached hydrogen (secondary N) is 1. The maximum Gasteiger partial charge on any atom is 0.239 e. The SMILES string of the molecule is C=C(Cl)CNC(=O)CN(C)c1ncccn1. The van der Waals surface area contributed by atoms with Crippen molar-refractivity contribution >= 4 is 23.5 Å². The van der Waals surface area contributed by atoms with E-state index in [0.717, 1.165) is 0 Å². The Labute approximate surface area is 99.1 Å². The largest absolute Gasteiger partial charge is 0.350 e. The molecule has 0 unspecified atom stereocenters. The Morgan fingerprint density at radius 2 is 2.19 bits per heavy atom. The maximum atomic E-state index is 11.4. The Bertz CT molecular complexity index is 368. The van der Waals surface area contributed by atoms with Gasteiger partial charge in [-0.3, -0.25) is 4.79 Å². The van der Waals surface area contributed by atoms with Gasteiger partial charge in [-0.05, 0) is 6.07 Å². The van der Waals surface area contributed by atoms with E-state index in [1.54, 1.807) is 30.4 Å². The van der Waals surface area contributed by atoms with E-state index in [0.29, 0.717) is 11.0 Å². The zero-order valence-corrected chi connectivity index (χ0v) is 9.74. The highest BCUT2D eigenvalue weighted by molar-refractivity contribution is 6.29. The summed E-state index contributed by atoms with van der Waals surface area (Å²) >= 11 is 5.53. The van der Waals surface area contributed by atoms with Crippen molar-refractivity contribution in [3.05, 3.63) is 30.1 Å². The van der Waals surface area contributed by atoms with E-state index in [9.17, 15) is 4.79 Å². The molecule has 5 nitrogen and oxygen atoms in total. The summed E-state index contributed by atoms with van der Waals surface area (Å²) in [4.78, 5) is 21.1. The summed E-state index contributed by atoms with van der Waals surface area (Å²) in [5.74, 6) is 0.346. The molecule has 0 saturated carbocycles. The molecular formula is C10H13ClN4O. The van der Waals surface area contributed by atoms with Crippen LogP contribution < -0.4 is 10.2 Å². The van der Waals surface area contributed by atoms with Crippen molar-refractivity contribution in [2.24, 2.45) is 0 Å². The summed E-state index contributed by atoms with van der Waals surface area (Å²) in [6, 6.07) is 1.72. The van der Waals surface area contributed by atoms with Gasteiger partial charge >= 0.3 is 0 Å². The monoisotopic (exact) mass is 240 g/mol. The molecule has 0 aliphatic carbocycles. The zero-order chi connectivity index (χ0) is 12.0. The number of hydrogen-bond donors (Lipinski definition) is 1. The molecular weight excluding hydrogens is 228 g/mol. The number of halogens is 1. The molecule has 1 amide bonds. The van der Waals surface area contributed by atoms with Crippen molar-refractivity contribution in [2.75, 3.05) is 25.0 Å². The van der Waals surface area contributed by atoms with Gasteiger partial charge in [0.25, 0.3) is 0 Å². The molecule has 0 atom stereocenters. The van der Waals surface area contributed by atoms with Gasteiger partial charge in [-0.15, -0.1) is 0 Å². The fraction of sp³-hybridized carbons (Fsp3) is 0.300. The number of carbonyl (C=O) groups excluding carboxylic acids is 1. The topological polar surface area (TPSA) is 58.1 Å². The smallest absolute Gasteiger partial charge is 0.239 e. The summed E-state index contributed by atoms with van der Waals surface area (Å²) < 4.78 is 0. The first-order valence-electron chi connectivity index (χ1n) is 4.67. The van der Waals surface area contributed by atoms with Crippen LogP contribution in [0, 0.1) is 0 Å². The second-order valence-corrected chi connectivity index (χ2v) is 3.73. The summed E-state index contributed by atoms with van der Waals surface area (Å²) in [6.07, 6.45) is 3.24. The Morgan fingerprint density at radius 3 is 2.75 bits per heavy atom. The Hall–Kier alpha value is -1.62.